The van der Waals surface area contributed by atoms with Crippen LogP contribution in [0.2, 0.25) is 0 Å². The van der Waals surface area contributed by atoms with Gasteiger partial charge >= 0.3 is 0 Å². The number of nitrogens with one attached hydrogen (secondary N) is 2. The molecule has 24 heavy (non-hydrogen) atoms. The molecular weight excluding hydrogens is 509 g/mol. The van der Waals surface area contributed by atoms with Gasteiger partial charge in [0.2, 0.25) is 10.0 Å². The fraction of sp³-hybridized carbons (Fsp3) is 0.643. The molecule has 0 radical (unpaired) electrons. The first-order valence-corrected chi connectivity index (χ1v) is 9.83. The number of aryl methyl sites for hydroxylation is 1. The molecular formula is C14H27BrIN5O2S. The van der Waals surface area contributed by atoms with Gasteiger partial charge in [-0.15, -0.1) is 24.0 Å². The average molecular weight is 536 g/mol. The lowest BCUT2D eigenvalue weighted by molar-refractivity contribution is 0.418. The van der Waals surface area contributed by atoms with Crippen molar-refractivity contribution in [1.29, 1.82) is 0 Å². The summed E-state index contributed by atoms with van der Waals surface area (Å²) in [5.41, 5.74) is 0.522. The number of guanidine groups is 1. The molecule has 0 aromatic carbocycles. The minimum Gasteiger partial charge on any atom is -0.354 e. The Morgan fingerprint density at radius 3 is 2.46 bits per heavy atom. The second-order valence-electron chi connectivity index (χ2n) is 6.28. The first kappa shape index (κ1) is 23.7. The lowest BCUT2D eigenvalue weighted by atomic mass is 10.1. The molecule has 0 aliphatic heterocycles. The molecule has 1 rings (SSSR count). The highest BCUT2D eigenvalue weighted by Crippen LogP contribution is 2.15. The van der Waals surface area contributed by atoms with Gasteiger partial charge in [0.25, 0.3) is 0 Å². The molecule has 0 unspecified atom stereocenters. The van der Waals surface area contributed by atoms with Gasteiger partial charge < -0.3 is 14.8 Å². The third-order valence-electron chi connectivity index (χ3n) is 3.20. The molecule has 0 bridgehead atoms. The van der Waals surface area contributed by atoms with Gasteiger partial charge in [0.15, 0.2) is 5.96 Å². The first-order chi connectivity index (χ1) is 10.4. The van der Waals surface area contributed by atoms with Crippen molar-refractivity contribution in [3.05, 3.63) is 22.4 Å². The van der Waals surface area contributed by atoms with Gasteiger partial charge in [-0.05, 0) is 35.8 Å². The van der Waals surface area contributed by atoms with Crippen LogP contribution < -0.4 is 10.0 Å². The largest absolute Gasteiger partial charge is 0.354 e. The smallest absolute Gasteiger partial charge is 0.209 e. The van der Waals surface area contributed by atoms with E-state index in [0.29, 0.717) is 19.0 Å². The zero-order valence-electron chi connectivity index (χ0n) is 14.9. The Morgan fingerprint density at radius 2 is 2.04 bits per heavy atom. The summed E-state index contributed by atoms with van der Waals surface area (Å²) in [4.78, 5) is 6.24. The molecule has 2 N–H and O–H groups in total. The van der Waals surface area contributed by atoms with Crippen molar-refractivity contribution in [2.75, 3.05) is 26.9 Å². The molecule has 0 saturated heterocycles. The van der Waals surface area contributed by atoms with Gasteiger partial charge in [-0.3, -0.25) is 4.99 Å². The number of aromatic nitrogens is 1. The van der Waals surface area contributed by atoms with Crippen LogP contribution in [0.5, 0.6) is 0 Å². The molecule has 7 nitrogen and oxygen atoms in total. The maximum absolute atomic E-state index is 11.4. The van der Waals surface area contributed by atoms with E-state index in [-0.39, 0.29) is 24.0 Å². The van der Waals surface area contributed by atoms with Crippen LogP contribution in [0, 0.1) is 0 Å². The highest BCUT2D eigenvalue weighted by molar-refractivity contribution is 14.0. The van der Waals surface area contributed by atoms with Crippen LogP contribution in [0.1, 0.15) is 19.5 Å². The van der Waals surface area contributed by atoms with Crippen molar-refractivity contribution < 1.29 is 8.42 Å². The lowest BCUT2D eigenvalue weighted by Crippen LogP contribution is -2.53. The first-order valence-electron chi connectivity index (χ1n) is 7.15. The van der Waals surface area contributed by atoms with Crippen molar-refractivity contribution in [3.63, 3.8) is 0 Å². The Bertz CT molecular complexity index is 673. The Balaban J connectivity index is 0.00000529. The van der Waals surface area contributed by atoms with Crippen LogP contribution >= 0.6 is 39.9 Å². The SMILES string of the molecule is CN=C(NCC(C)(C)NS(C)(=O)=O)N(C)Cc1cc(Br)cn1C.I. The minimum atomic E-state index is -3.26. The third-order valence-corrected chi connectivity index (χ3v) is 4.55. The molecule has 1 heterocycles. The van der Waals surface area contributed by atoms with E-state index in [1.54, 1.807) is 7.05 Å². The monoisotopic (exact) mass is 535 g/mol. The highest BCUT2D eigenvalue weighted by Gasteiger charge is 2.23. The number of halogens is 2. The summed E-state index contributed by atoms with van der Waals surface area (Å²) in [6.45, 7) is 4.75. The molecule has 1 aromatic heterocycles. The second-order valence-corrected chi connectivity index (χ2v) is 8.94. The number of rotatable bonds is 6. The molecule has 0 amide bonds. The number of aliphatic imine (C=N–C) groups is 1. The topological polar surface area (TPSA) is 78.7 Å². The van der Waals surface area contributed by atoms with Crippen molar-refractivity contribution in [2.45, 2.75) is 25.9 Å². The maximum Gasteiger partial charge on any atom is 0.209 e. The summed E-state index contributed by atoms with van der Waals surface area (Å²) in [7, 11) is 2.37. The lowest BCUT2D eigenvalue weighted by Gasteiger charge is -2.29. The van der Waals surface area contributed by atoms with Crippen LogP contribution in [0.3, 0.4) is 0 Å². The van der Waals surface area contributed by atoms with Crippen LogP contribution in [-0.4, -0.2) is 56.3 Å². The number of hydrogen-bond donors (Lipinski definition) is 2. The highest BCUT2D eigenvalue weighted by atomic mass is 127. The molecule has 0 aliphatic carbocycles. The van der Waals surface area contributed by atoms with E-state index in [4.69, 9.17) is 0 Å². The van der Waals surface area contributed by atoms with E-state index >= 15 is 0 Å². The standard InChI is InChI=1S/C14H26BrN5O2S.HI/c1-14(2,18-23(6,21)22)10-17-13(16-3)20(5)9-12-7-11(15)8-19(12)4;/h7-8,18H,9-10H2,1-6H3,(H,16,17);1H. The van der Waals surface area contributed by atoms with Gasteiger partial charge in [0.05, 0.1) is 12.8 Å². The Hall–Kier alpha value is -0.330. The summed E-state index contributed by atoms with van der Waals surface area (Å²) >= 11 is 3.46. The van der Waals surface area contributed by atoms with Gasteiger partial charge in [0.1, 0.15) is 0 Å². The van der Waals surface area contributed by atoms with E-state index in [0.717, 1.165) is 16.4 Å². The van der Waals surface area contributed by atoms with Crippen molar-refractivity contribution in [2.24, 2.45) is 12.0 Å². The predicted octanol–water partition coefficient (Wildman–Crippen LogP) is 1.74. The normalized spacial score (nSPS) is 12.7. The Morgan fingerprint density at radius 1 is 1.46 bits per heavy atom. The molecule has 0 aliphatic rings. The molecule has 0 fully saturated rings. The van der Waals surface area contributed by atoms with E-state index in [1.165, 1.54) is 0 Å². The van der Waals surface area contributed by atoms with Gasteiger partial charge in [0, 0.05) is 49.6 Å². The Kier molecular flexibility index (Phi) is 9.26. The van der Waals surface area contributed by atoms with Crippen molar-refractivity contribution >= 4 is 55.9 Å². The molecule has 0 saturated carbocycles. The van der Waals surface area contributed by atoms with Crippen LogP contribution in [0.25, 0.3) is 0 Å². The predicted molar refractivity (Wildman–Crippen MR) is 113 cm³/mol. The second kappa shape index (κ2) is 9.39. The molecule has 10 heteroatoms. The van der Waals surface area contributed by atoms with Crippen LogP contribution in [0.4, 0.5) is 0 Å². The van der Waals surface area contributed by atoms with E-state index in [9.17, 15) is 8.42 Å². The van der Waals surface area contributed by atoms with Crippen molar-refractivity contribution in [3.8, 4) is 0 Å². The summed E-state index contributed by atoms with van der Waals surface area (Å²) in [5.74, 6) is 0.700. The summed E-state index contributed by atoms with van der Waals surface area (Å²) in [6.07, 6.45) is 3.15. The zero-order valence-corrected chi connectivity index (χ0v) is 19.7. The third kappa shape index (κ3) is 8.17. The van der Waals surface area contributed by atoms with E-state index < -0.39 is 15.6 Å². The molecule has 1 aromatic rings. The zero-order chi connectivity index (χ0) is 17.8. The number of hydrogen-bond acceptors (Lipinski definition) is 3. The quantitative estimate of drug-likeness (QED) is 0.330. The summed E-state index contributed by atoms with van der Waals surface area (Å²) < 4.78 is 28.5. The van der Waals surface area contributed by atoms with Crippen molar-refractivity contribution in [1.82, 2.24) is 19.5 Å². The fourth-order valence-electron chi connectivity index (χ4n) is 2.26. The Labute approximate surface area is 170 Å². The summed E-state index contributed by atoms with van der Waals surface area (Å²) in [6, 6.07) is 2.05. The number of nitrogens with zero attached hydrogens (tertiary/aromatic N) is 3. The average Bonchev–Trinajstić information content (AvgIpc) is 2.65. The molecule has 140 valence electrons. The van der Waals surface area contributed by atoms with Crippen LogP contribution in [0.15, 0.2) is 21.7 Å². The van der Waals surface area contributed by atoms with E-state index in [2.05, 4.69) is 37.0 Å². The minimum absolute atomic E-state index is 0. The van der Waals surface area contributed by atoms with Gasteiger partial charge in [-0.25, -0.2) is 13.1 Å². The van der Waals surface area contributed by atoms with Gasteiger partial charge in [-0.2, -0.15) is 0 Å². The van der Waals surface area contributed by atoms with Gasteiger partial charge in [-0.1, -0.05) is 0 Å². The fourth-order valence-corrected chi connectivity index (χ4v) is 3.91. The summed E-state index contributed by atoms with van der Waals surface area (Å²) in [5, 5.41) is 3.21. The maximum atomic E-state index is 11.4. The molecule has 0 spiro atoms. The van der Waals surface area contributed by atoms with Crippen LogP contribution in [-0.2, 0) is 23.6 Å². The number of sulfonamides is 1. The molecule has 0 atom stereocenters. The van der Waals surface area contributed by atoms with E-state index in [1.807, 2.05) is 43.6 Å².